The van der Waals surface area contributed by atoms with Crippen molar-refractivity contribution < 1.29 is 23.9 Å². The van der Waals surface area contributed by atoms with Crippen LogP contribution in [0.3, 0.4) is 0 Å². The molecule has 2 aromatic carbocycles. The molecule has 0 saturated carbocycles. The van der Waals surface area contributed by atoms with Crippen LogP contribution in [0.4, 0.5) is 15.3 Å². The van der Waals surface area contributed by atoms with Gasteiger partial charge in [-0.25, -0.2) is 9.59 Å². The summed E-state index contributed by atoms with van der Waals surface area (Å²) in [6.07, 6.45) is 2.72. The van der Waals surface area contributed by atoms with Gasteiger partial charge < -0.3 is 39.4 Å². The van der Waals surface area contributed by atoms with Gasteiger partial charge in [-0.05, 0) is 74.9 Å². The molecule has 2 N–H and O–H groups in total. The highest BCUT2D eigenvalue weighted by Crippen LogP contribution is 2.27. The fourth-order valence-corrected chi connectivity index (χ4v) is 8.09. The van der Waals surface area contributed by atoms with E-state index < -0.39 is 12.2 Å². The zero-order chi connectivity index (χ0) is 34.8. The molecule has 0 bridgehead atoms. The Hall–Kier alpha value is -4.36. The SMILES string of the molecule is COc1nc2c(C)cc(C[C@@H](OC(=O)N3CCC(N4CCc5ccccc5NC4=O)CC3)C(=O)N3CCC(N4CCN(C)CC4)CC3)cc2[nH]1. The number of ether oxygens (including phenoxy) is 2. The normalized spacial score (nSPS) is 20.7. The first kappa shape index (κ1) is 34.1. The van der Waals surface area contributed by atoms with E-state index in [9.17, 15) is 14.4 Å². The number of methoxy groups -OCH3 is 1. The topological polar surface area (TPSA) is 127 Å². The smallest absolute Gasteiger partial charge is 0.410 e. The number of imidazole rings is 1. The lowest BCUT2D eigenvalue weighted by atomic mass is 9.99. The van der Waals surface area contributed by atoms with Crippen molar-refractivity contribution in [2.45, 2.75) is 63.6 Å². The zero-order valence-electron chi connectivity index (χ0n) is 29.5. The number of likely N-dealkylation sites (tertiary alicyclic amines) is 2. The summed E-state index contributed by atoms with van der Waals surface area (Å²) in [6.45, 7) is 9.06. The van der Waals surface area contributed by atoms with E-state index in [1.165, 1.54) is 0 Å². The second kappa shape index (κ2) is 14.9. The number of hydrogen-bond acceptors (Lipinski definition) is 8. The number of nitrogens with zero attached hydrogens (tertiary/aromatic N) is 6. The van der Waals surface area contributed by atoms with Crippen molar-refractivity contribution in [2.75, 3.05) is 78.4 Å². The van der Waals surface area contributed by atoms with Crippen molar-refractivity contribution >= 4 is 34.8 Å². The minimum absolute atomic E-state index is 0.0217. The quantitative estimate of drug-likeness (QED) is 0.386. The maximum atomic E-state index is 14.2. The molecule has 4 aliphatic rings. The van der Waals surface area contributed by atoms with Crippen LogP contribution < -0.4 is 10.1 Å². The van der Waals surface area contributed by atoms with Crippen LogP contribution in [0.25, 0.3) is 11.0 Å². The van der Waals surface area contributed by atoms with Crippen LogP contribution in [0, 0.1) is 6.92 Å². The molecule has 1 aromatic heterocycles. The fraction of sp³-hybridized carbons (Fsp3) is 0.568. The number of benzene rings is 2. The summed E-state index contributed by atoms with van der Waals surface area (Å²) in [5.74, 6) is -0.147. The Morgan fingerprint density at radius 1 is 0.920 bits per heavy atom. The number of aromatic amines is 1. The largest absolute Gasteiger partial charge is 0.468 e. The molecule has 3 saturated heterocycles. The maximum absolute atomic E-state index is 14.2. The average molecular weight is 687 g/mol. The van der Waals surface area contributed by atoms with Crippen LogP contribution in [-0.4, -0.2) is 144 Å². The van der Waals surface area contributed by atoms with E-state index in [1.54, 1.807) is 12.0 Å². The van der Waals surface area contributed by atoms with Gasteiger partial charge in [0.1, 0.15) is 0 Å². The molecule has 1 atom stereocenters. The maximum Gasteiger partial charge on any atom is 0.410 e. The first-order chi connectivity index (χ1) is 24.2. The number of amides is 4. The third-order valence-corrected chi connectivity index (χ3v) is 11.1. The fourth-order valence-electron chi connectivity index (χ4n) is 8.09. The highest BCUT2D eigenvalue weighted by Gasteiger charge is 2.36. The second-order valence-electron chi connectivity index (χ2n) is 14.3. The summed E-state index contributed by atoms with van der Waals surface area (Å²) in [7, 11) is 3.73. The molecule has 13 heteroatoms. The summed E-state index contributed by atoms with van der Waals surface area (Å²) >= 11 is 0. The van der Waals surface area contributed by atoms with Crippen LogP contribution in [0.1, 0.15) is 42.4 Å². The van der Waals surface area contributed by atoms with Crippen LogP contribution in [0.2, 0.25) is 0 Å². The molecule has 50 heavy (non-hydrogen) atoms. The van der Waals surface area contributed by atoms with Gasteiger partial charge in [-0.15, -0.1) is 0 Å². The number of piperidine rings is 2. The standard InChI is InChI=1S/C37H50N8O5/c1-25-22-26(23-31-33(25)40-35(38-31)49-3)24-32(34(46)43-13-9-28(10-14-43)42-20-18-41(2)19-21-42)50-37(48)44-15-11-29(12-16-44)45-17-8-27-6-4-5-7-30(27)39-36(45)47/h4-7,22-23,28-29,32H,8-21,24H2,1-3H3,(H,38,40)(H,39,47)/t32-/m1/s1. The lowest BCUT2D eigenvalue weighted by Crippen LogP contribution is -2.54. The third-order valence-electron chi connectivity index (χ3n) is 11.1. The van der Waals surface area contributed by atoms with Crippen LogP contribution in [-0.2, 0) is 22.4 Å². The van der Waals surface area contributed by atoms with E-state index in [2.05, 4.69) is 38.2 Å². The Kier molecular flexibility index (Phi) is 10.1. The number of aromatic nitrogens is 2. The molecule has 0 radical (unpaired) electrons. The molecule has 0 spiro atoms. The van der Waals surface area contributed by atoms with Crippen LogP contribution in [0.5, 0.6) is 6.01 Å². The lowest BCUT2D eigenvalue weighted by molar-refractivity contribution is -0.142. The Morgan fingerprint density at radius 3 is 2.36 bits per heavy atom. The number of aryl methyl sites for hydroxylation is 1. The Labute approximate surface area is 293 Å². The average Bonchev–Trinajstić information content (AvgIpc) is 3.48. The molecule has 7 rings (SSSR count). The van der Waals surface area contributed by atoms with Crippen LogP contribution in [0.15, 0.2) is 36.4 Å². The number of piperazine rings is 1. The number of anilines is 1. The Bertz CT molecular complexity index is 1690. The zero-order valence-corrected chi connectivity index (χ0v) is 29.5. The number of carbonyl (C=O) groups excluding carboxylic acids is 3. The molecule has 3 fully saturated rings. The molecule has 4 aliphatic heterocycles. The van der Waals surface area contributed by atoms with Gasteiger partial charge in [-0.2, -0.15) is 4.98 Å². The summed E-state index contributed by atoms with van der Waals surface area (Å²) in [5, 5.41) is 3.06. The highest BCUT2D eigenvalue weighted by molar-refractivity contribution is 5.91. The van der Waals surface area contributed by atoms with E-state index in [1.807, 2.05) is 47.1 Å². The van der Waals surface area contributed by atoms with Gasteiger partial charge >= 0.3 is 12.1 Å². The summed E-state index contributed by atoms with van der Waals surface area (Å²) in [6, 6.07) is 12.7. The second-order valence-corrected chi connectivity index (χ2v) is 14.3. The van der Waals surface area contributed by atoms with Crippen molar-refractivity contribution in [2.24, 2.45) is 0 Å². The number of carbonyl (C=O) groups is 3. The Morgan fingerprint density at radius 2 is 1.62 bits per heavy atom. The number of nitrogens with one attached hydrogen (secondary N) is 2. The van der Waals surface area contributed by atoms with Gasteiger partial charge in [-0.3, -0.25) is 9.69 Å². The van der Waals surface area contributed by atoms with Crippen molar-refractivity contribution in [1.82, 2.24) is 34.5 Å². The summed E-state index contributed by atoms with van der Waals surface area (Å²) in [5.41, 5.74) is 5.44. The van der Waals surface area contributed by atoms with Crippen molar-refractivity contribution in [1.29, 1.82) is 0 Å². The van der Waals surface area contributed by atoms with Gasteiger partial charge in [-0.1, -0.05) is 24.3 Å². The monoisotopic (exact) mass is 686 g/mol. The number of likely N-dealkylation sites (N-methyl/N-ethyl adjacent to an activating group) is 1. The van der Waals surface area contributed by atoms with Crippen LogP contribution >= 0.6 is 0 Å². The van der Waals surface area contributed by atoms with E-state index >= 15 is 0 Å². The number of hydrogen-bond donors (Lipinski definition) is 2. The minimum atomic E-state index is -0.961. The van der Waals surface area contributed by atoms with Gasteiger partial charge in [0.15, 0.2) is 6.10 Å². The van der Waals surface area contributed by atoms with E-state index in [-0.39, 0.29) is 24.4 Å². The van der Waals surface area contributed by atoms with Gasteiger partial charge in [0.2, 0.25) is 0 Å². The molecule has 3 aromatic rings. The highest BCUT2D eigenvalue weighted by atomic mass is 16.6. The van der Waals surface area contributed by atoms with E-state index in [0.29, 0.717) is 57.6 Å². The minimum Gasteiger partial charge on any atom is -0.468 e. The lowest BCUT2D eigenvalue weighted by Gasteiger charge is -2.42. The first-order valence-corrected chi connectivity index (χ1v) is 18.1. The molecular formula is C37H50N8O5. The molecular weight excluding hydrogens is 636 g/mol. The number of fused-ring (bicyclic) bond motifs is 2. The number of H-pyrrole nitrogens is 1. The molecule has 0 unspecified atom stereocenters. The van der Waals surface area contributed by atoms with E-state index in [0.717, 1.165) is 78.9 Å². The predicted molar refractivity (Wildman–Crippen MR) is 190 cm³/mol. The van der Waals surface area contributed by atoms with Crippen molar-refractivity contribution in [3.8, 4) is 6.01 Å². The van der Waals surface area contributed by atoms with Crippen molar-refractivity contribution in [3.05, 3.63) is 53.1 Å². The van der Waals surface area contributed by atoms with Gasteiger partial charge in [0, 0.05) is 83.1 Å². The van der Waals surface area contributed by atoms with E-state index in [4.69, 9.17) is 9.47 Å². The number of rotatable bonds is 7. The predicted octanol–water partition coefficient (Wildman–Crippen LogP) is 3.72. The Balaban J connectivity index is 1.01. The summed E-state index contributed by atoms with van der Waals surface area (Å²) < 4.78 is 11.5. The van der Waals surface area contributed by atoms with Crippen molar-refractivity contribution in [3.63, 3.8) is 0 Å². The molecule has 5 heterocycles. The van der Waals surface area contributed by atoms with Gasteiger partial charge in [0.25, 0.3) is 11.9 Å². The summed E-state index contributed by atoms with van der Waals surface area (Å²) in [4.78, 5) is 59.1. The molecule has 268 valence electrons. The molecule has 4 amide bonds. The number of urea groups is 1. The molecule has 13 nitrogen and oxygen atoms in total. The third kappa shape index (κ3) is 7.39. The first-order valence-electron chi connectivity index (χ1n) is 18.1. The number of para-hydroxylation sites is 1. The van der Waals surface area contributed by atoms with Gasteiger partial charge in [0.05, 0.1) is 18.1 Å². The molecule has 0 aliphatic carbocycles.